The van der Waals surface area contributed by atoms with Crippen molar-refractivity contribution in [2.75, 3.05) is 43.8 Å². The van der Waals surface area contributed by atoms with Gasteiger partial charge in [0, 0.05) is 19.9 Å². The molecule has 0 aliphatic rings. The van der Waals surface area contributed by atoms with Crippen LogP contribution in [-0.4, -0.2) is 38.5 Å². The number of aryl methyl sites for hydroxylation is 3. The molecule has 0 amide bonds. The average molecular weight is 379 g/mol. The number of benzene rings is 1. The van der Waals surface area contributed by atoms with Crippen LogP contribution in [0.3, 0.4) is 0 Å². The lowest BCUT2D eigenvalue weighted by molar-refractivity contribution is 0.126. The van der Waals surface area contributed by atoms with E-state index in [1.165, 1.54) is 0 Å². The van der Waals surface area contributed by atoms with Gasteiger partial charge in [0.25, 0.3) is 0 Å². The van der Waals surface area contributed by atoms with Crippen LogP contribution in [0, 0.1) is 20.8 Å². The summed E-state index contributed by atoms with van der Waals surface area (Å²) in [7, 11) is 3.31. The number of nitrogens with one attached hydrogen (secondary N) is 2. The van der Waals surface area contributed by atoms with E-state index in [2.05, 4.69) is 21.7 Å². The largest absolute Gasteiger partial charge is 0.394 e. The van der Waals surface area contributed by atoms with E-state index in [4.69, 9.17) is 26.8 Å². The SMILES string of the molecule is COCC(COC)Nc1cc(C)nc(Nc2c(C)cc(C)cc2Cl)c1N. The highest BCUT2D eigenvalue weighted by Crippen LogP contribution is 2.34. The minimum atomic E-state index is -0.0216. The number of nitrogen functional groups attached to an aromatic ring is 1. The fourth-order valence-corrected chi connectivity index (χ4v) is 3.21. The van der Waals surface area contributed by atoms with Crippen LogP contribution in [-0.2, 0) is 9.47 Å². The Labute approximate surface area is 160 Å². The molecular weight excluding hydrogens is 352 g/mol. The highest BCUT2D eigenvalue weighted by Gasteiger charge is 2.15. The number of nitrogens with zero attached hydrogens (tertiary/aromatic N) is 1. The van der Waals surface area contributed by atoms with Gasteiger partial charge in [0.1, 0.15) is 0 Å². The second kappa shape index (κ2) is 9.07. The summed E-state index contributed by atoms with van der Waals surface area (Å²) in [4.78, 5) is 4.54. The zero-order valence-electron chi connectivity index (χ0n) is 15.9. The molecule has 4 N–H and O–H groups in total. The van der Waals surface area contributed by atoms with Gasteiger partial charge in [-0.2, -0.15) is 0 Å². The predicted molar refractivity (Wildman–Crippen MR) is 109 cm³/mol. The summed E-state index contributed by atoms with van der Waals surface area (Å²) in [5.41, 5.74) is 11.4. The minimum absolute atomic E-state index is 0.0216. The lowest BCUT2D eigenvalue weighted by Crippen LogP contribution is -2.30. The maximum Gasteiger partial charge on any atom is 0.156 e. The number of anilines is 4. The van der Waals surface area contributed by atoms with E-state index in [0.717, 1.165) is 28.2 Å². The van der Waals surface area contributed by atoms with Gasteiger partial charge in [-0.05, 0) is 44.0 Å². The van der Waals surface area contributed by atoms with Gasteiger partial charge in [0.05, 0.1) is 41.3 Å². The molecule has 0 bridgehead atoms. The quantitative estimate of drug-likeness (QED) is 0.642. The third-order valence-corrected chi connectivity index (χ3v) is 4.26. The van der Waals surface area contributed by atoms with Crippen molar-refractivity contribution in [1.82, 2.24) is 4.98 Å². The molecule has 1 aromatic carbocycles. The van der Waals surface area contributed by atoms with Crippen LogP contribution in [0.2, 0.25) is 5.02 Å². The lowest BCUT2D eigenvalue weighted by atomic mass is 10.1. The molecule has 2 aromatic rings. The summed E-state index contributed by atoms with van der Waals surface area (Å²) < 4.78 is 10.5. The van der Waals surface area contributed by atoms with E-state index in [9.17, 15) is 0 Å². The van der Waals surface area contributed by atoms with E-state index in [1.54, 1.807) is 14.2 Å². The van der Waals surface area contributed by atoms with E-state index >= 15 is 0 Å². The highest BCUT2D eigenvalue weighted by molar-refractivity contribution is 6.33. The molecular formula is C19H27ClN4O2. The Hall–Kier alpha value is -2.02. The summed E-state index contributed by atoms with van der Waals surface area (Å²) in [6, 6.07) is 5.86. The van der Waals surface area contributed by atoms with Crippen molar-refractivity contribution in [2.45, 2.75) is 26.8 Å². The van der Waals surface area contributed by atoms with Crippen LogP contribution in [0.5, 0.6) is 0 Å². The molecule has 7 heteroatoms. The molecule has 0 spiro atoms. The number of rotatable bonds is 8. The van der Waals surface area contributed by atoms with E-state index in [-0.39, 0.29) is 6.04 Å². The number of nitrogens with two attached hydrogens (primary N) is 1. The van der Waals surface area contributed by atoms with Gasteiger partial charge in [0.15, 0.2) is 5.82 Å². The third-order valence-electron chi connectivity index (χ3n) is 3.96. The van der Waals surface area contributed by atoms with Gasteiger partial charge in [0.2, 0.25) is 0 Å². The summed E-state index contributed by atoms with van der Waals surface area (Å²) in [6.07, 6.45) is 0. The molecule has 142 valence electrons. The Morgan fingerprint density at radius 3 is 2.35 bits per heavy atom. The molecule has 0 unspecified atom stereocenters. The molecule has 2 rings (SSSR count). The molecule has 0 saturated carbocycles. The fraction of sp³-hybridized carbons (Fsp3) is 0.421. The van der Waals surface area contributed by atoms with E-state index in [0.29, 0.717) is 29.7 Å². The Morgan fingerprint density at radius 2 is 1.77 bits per heavy atom. The molecule has 0 saturated heterocycles. The maximum absolute atomic E-state index is 6.40. The second-order valence-corrected chi connectivity index (χ2v) is 6.80. The molecule has 0 fully saturated rings. The van der Waals surface area contributed by atoms with E-state index < -0.39 is 0 Å². The summed E-state index contributed by atoms with van der Waals surface area (Å²) in [6.45, 7) is 6.93. The van der Waals surface area contributed by atoms with Crippen molar-refractivity contribution < 1.29 is 9.47 Å². The van der Waals surface area contributed by atoms with Crippen LogP contribution in [0.4, 0.5) is 22.9 Å². The van der Waals surface area contributed by atoms with Crippen molar-refractivity contribution in [2.24, 2.45) is 0 Å². The normalized spacial score (nSPS) is 11.0. The molecule has 0 aliphatic heterocycles. The van der Waals surface area contributed by atoms with Gasteiger partial charge in [-0.15, -0.1) is 0 Å². The minimum Gasteiger partial charge on any atom is -0.394 e. The van der Waals surface area contributed by atoms with Crippen LogP contribution < -0.4 is 16.4 Å². The van der Waals surface area contributed by atoms with Gasteiger partial charge in [-0.1, -0.05) is 17.7 Å². The van der Waals surface area contributed by atoms with Gasteiger partial charge >= 0.3 is 0 Å². The zero-order chi connectivity index (χ0) is 19.3. The van der Waals surface area contributed by atoms with Crippen molar-refractivity contribution in [3.05, 3.63) is 40.0 Å². The van der Waals surface area contributed by atoms with Gasteiger partial charge in [-0.25, -0.2) is 4.98 Å². The van der Waals surface area contributed by atoms with Crippen LogP contribution in [0.1, 0.15) is 16.8 Å². The molecule has 6 nitrogen and oxygen atoms in total. The van der Waals surface area contributed by atoms with E-state index in [1.807, 2.05) is 32.9 Å². The molecule has 26 heavy (non-hydrogen) atoms. The van der Waals surface area contributed by atoms with Crippen molar-refractivity contribution in [1.29, 1.82) is 0 Å². The first-order chi connectivity index (χ1) is 12.3. The molecule has 1 heterocycles. The Bertz CT molecular complexity index is 738. The molecule has 0 aliphatic carbocycles. The Balaban J connectivity index is 2.35. The fourth-order valence-electron chi connectivity index (χ4n) is 2.84. The average Bonchev–Trinajstić information content (AvgIpc) is 2.55. The maximum atomic E-state index is 6.40. The predicted octanol–water partition coefficient (Wildman–Crippen LogP) is 4.06. The molecule has 1 aromatic heterocycles. The first kappa shape index (κ1) is 20.3. The zero-order valence-corrected chi connectivity index (χ0v) is 16.7. The Kier molecular flexibility index (Phi) is 7.08. The van der Waals surface area contributed by atoms with Crippen molar-refractivity contribution >= 4 is 34.5 Å². The number of aromatic nitrogens is 1. The second-order valence-electron chi connectivity index (χ2n) is 6.39. The van der Waals surface area contributed by atoms with Crippen LogP contribution in [0.25, 0.3) is 0 Å². The number of ether oxygens (including phenoxy) is 2. The number of methoxy groups -OCH3 is 2. The molecule has 0 radical (unpaired) electrons. The summed E-state index contributed by atoms with van der Waals surface area (Å²) >= 11 is 6.40. The number of hydrogen-bond donors (Lipinski definition) is 3. The topological polar surface area (TPSA) is 81.4 Å². The van der Waals surface area contributed by atoms with Gasteiger partial charge in [-0.3, -0.25) is 0 Å². The lowest BCUT2D eigenvalue weighted by Gasteiger charge is -2.21. The first-order valence-corrected chi connectivity index (χ1v) is 8.78. The number of hydrogen-bond acceptors (Lipinski definition) is 6. The van der Waals surface area contributed by atoms with Crippen LogP contribution in [0.15, 0.2) is 18.2 Å². The van der Waals surface area contributed by atoms with Crippen molar-refractivity contribution in [3.8, 4) is 0 Å². The third kappa shape index (κ3) is 5.00. The van der Waals surface area contributed by atoms with Crippen molar-refractivity contribution in [3.63, 3.8) is 0 Å². The number of pyridine rings is 1. The first-order valence-electron chi connectivity index (χ1n) is 8.41. The van der Waals surface area contributed by atoms with Crippen LogP contribution >= 0.6 is 11.6 Å². The smallest absolute Gasteiger partial charge is 0.156 e. The molecule has 0 atom stereocenters. The standard InChI is InChI=1S/C19H27ClN4O2/c1-11-6-12(2)18(15(20)7-11)24-19-17(21)16(8-13(3)22-19)23-14(9-25-4)10-26-5/h6-8,14H,9-10,21H2,1-5H3,(H2,22,23,24). The highest BCUT2D eigenvalue weighted by atomic mass is 35.5. The summed E-state index contributed by atoms with van der Waals surface area (Å²) in [5, 5.41) is 7.29. The van der Waals surface area contributed by atoms with Gasteiger partial charge < -0.3 is 25.8 Å². The Morgan fingerprint density at radius 1 is 1.12 bits per heavy atom. The monoisotopic (exact) mass is 378 g/mol. The summed E-state index contributed by atoms with van der Waals surface area (Å²) in [5.74, 6) is 0.565. The number of halogens is 1.